The lowest BCUT2D eigenvalue weighted by Gasteiger charge is -2.18. The maximum atomic E-state index is 10.3. The van der Waals surface area contributed by atoms with Crippen LogP contribution in [-0.2, 0) is 0 Å². The van der Waals surface area contributed by atoms with Crippen LogP contribution in [0.15, 0.2) is 23.7 Å². The molecule has 0 fully saturated rings. The van der Waals surface area contributed by atoms with E-state index in [1.54, 1.807) is 11.3 Å². The van der Waals surface area contributed by atoms with Gasteiger partial charge in [0.1, 0.15) is 0 Å². The summed E-state index contributed by atoms with van der Waals surface area (Å²) in [5.41, 5.74) is 1.96. The van der Waals surface area contributed by atoms with E-state index in [0.717, 1.165) is 28.6 Å². The molecule has 2 rings (SSSR count). The Labute approximate surface area is 113 Å². The first-order valence-corrected chi connectivity index (χ1v) is 7.45. The third kappa shape index (κ3) is 3.30. The summed E-state index contributed by atoms with van der Waals surface area (Å²) in [7, 11) is 0. The van der Waals surface area contributed by atoms with Crippen molar-refractivity contribution in [3.63, 3.8) is 0 Å². The Morgan fingerprint density at radius 2 is 2.06 bits per heavy atom. The summed E-state index contributed by atoms with van der Waals surface area (Å²) < 4.78 is 1.16. The van der Waals surface area contributed by atoms with Crippen molar-refractivity contribution in [2.75, 3.05) is 0 Å². The van der Waals surface area contributed by atoms with Gasteiger partial charge in [-0.2, -0.15) is 0 Å². The number of aromatic nitrogens is 1. The number of pyridine rings is 1. The molecule has 18 heavy (non-hydrogen) atoms. The van der Waals surface area contributed by atoms with Crippen LogP contribution in [0.25, 0.3) is 10.2 Å². The maximum absolute atomic E-state index is 10.3. The van der Waals surface area contributed by atoms with Crippen LogP contribution in [0.5, 0.6) is 0 Å². The predicted molar refractivity (Wildman–Crippen MR) is 77.8 cm³/mol. The normalized spacial score (nSPS) is 15.2. The Balaban J connectivity index is 2.05. The highest BCUT2D eigenvalue weighted by Crippen LogP contribution is 2.28. The van der Waals surface area contributed by atoms with E-state index in [0.29, 0.717) is 11.8 Å². The minimum atomic E-state index is -0.391. The number of thiophene rings is 1. The van der Waals surface area contributed by atoms with E-state index >= 15 is 0 Å². The Morgan fingerprint density at radius 1 is 1.28 bits per heavy atom. The van der Waals surface area contributed by atoms with Crippen molar-refractivity contribution in [3.8, 4) is 0 Å². The van der Waals surface area contributed by atoms with Crippen molar-refractivity contribution in [2.24, 2.45) is 11.8 Å². The van der Waals surface area contributed by atoms with Crippen LogP contribution in [-0.4, -0.2) is 10.1 Å². The summed E-state index contributed by atoms with van der Waals surface area (Å²) in [5, 5.41) is 12.3. The topological polar surface area (TPSA) is 33.1 Å². The lowest BCUT2D eigenvalue weighted by molar-refractivity contribution is 0.141. The quantitative estimate of drug-likeness (QED) is 0.867. The molecule has 0 saturated carbocycles. The SMILES string of the molecule is CC(C)CC(C)CC(O)c1cnc2ccsc2c1. The van der Waals surface area contributed by atoms with Crippen molar-refractivity contribution < 1.29 is 5.11 Å². The molecule has 0 amide bonds. The molecule has 2 nitrogen and oxygen atoms in total. The van der Waals surface area contributed by atoms with Crippen molar-refractivity contribution in [1.82, 2.24) is 4.98 Å². The molecule has 3 heteroatoms. The predicted octanol–water partition coefficient (Wildman–Crippen LogP) is 4.40. The van der Waals surface area contributed by atoms with Gasteiger partial charge in [-0.1, -0.05) is 20.8 Å². The third-order valence-electron chi connectivity index (χ3n) is 3.21. The second-order valence-electron chi connectivity index (χ2n) is 5.56. The molecule has 0 aliphatic carbocycles. The van der Waals surface area contributed by atoms with Gasteiger partial charge in [-0.05, 0) is 42.2 Å². The van der Waals surface area contributed by atoms with Gasteiger partial charge >= 0.3 is 0 Å². The minimum absolute atomic E-state index is 0.391. The highest BCUT2D eigenvalue weighted by atomic mass is 32.1. The van der Waals surface area contributed by atoms with Gasteiger partial charge in [0.05, 0.1) is 16.3 Å². The molecule has 2 unspecified atom stereocenters. The van der Waals surface area contributed by atoms with E-state index < -0.39 is 6.10 Å². The average molecular weight is 263 g/mol. The Hall–Kier alpha value is -0.930. The van der Waals surface area contributed by atoms with Crippen LogP contribution in [0.3, 0.4) is 0 Å². The van der Waals surface area contributed by atoms with Gasteiger partial charge in [0.25, 0.3) is 0 Å². The maximum Gasteiger partial charge on any atom is 0.0809 e. The van der Waals surface area contributed by atoms with E-state index in [9.17, 15) is 5.11 Å². The fraction of sp³-hybridized carbons (Fsp3) is 0.533. The molecule has 0 aliphatic rings. The molecule has 0 radical (unpaired) electrons. The fourth-order valence-corrected chi connectivity index (χ4v) is 3.25. The van der Waals surface area contributed by atoms with Crippen molar-refractivity contribution in [1.29, 1.82) is 0 Å². The van der Waals surface area contributed by atoms with Gasteiger partial charge in [-0.25, -0.2) is 0 Å². The van der Waals surface area contributed by atoms with Crippen LogP contribution in [0.4, 0.5) is 0 Å². The van der Waals surface area contributed by atoms with Crippen LogP contribution >= 0.6 is 11.3 Å². The zero-order valence-electron chi connectivity index (χ0n) is 11.3. The molecule has 0 aliphatic heterocycles. The number of aliphatic hydroxyl groups excluding tert-OH is 1. The Morgan fingerprint density at radius 3 is 2.78 bits per heavy atom. The summed E-state index contributed by atoms with van der Waals surface area (Å²) in [6, 6.07) is 4.08. The van der Waals surface area contributed by atoms with E-state index in [4.69, 9.17) is 0 Å². The molecule has 2 aromatic rings. The van der Waals surface area contributed by atoms with Gasteiger partial charge < -0.3 is 5.11 Å². The summed E-state index contributed by atoms with van der Waals surface area (Å²) in [5.74, 6) is 1.23. The summed E-state index contributed by atoms with van der Waals surface area (Å²) in [4.78, 5) is 4.38. The van der Waals surface area contributed by atoms with E-state index in [1.807, 2.05) is 17.6 Å². The Kier molecular flexibility index (Phi) is 4.36. The van der Waals surface area contributed by atoms with Crippen LogP contribution in [0, 0.1) is 11.8 Å². The summed E-state index contributed by atoms with van der Waals surface area (Å²) >= 11 is 1.67. The van der Waals surface area contributed by atoms with Crippen LogP contribution in [0.1, 0.15) is 45.3 Å². The zero-order chi connectivity index (χ0) is 13.1. The van der Waals surface area contributed by atoms with Gasteiger partial charge in [0.15, 0.2) is 0 Å². The second-order valence-corrected chi connectivity index (χ2v) is 6.51. The molecule has 2 heterocycles. The van der Waals surface area contributed by atoms with E-state index in [2.05, 4.69) is 31.8 Å². The molecule has 98 valence electrons. The van der Waals surface area contributed by atoms with Crippen LogP contribution < -0.4 is 0 Å². The lowest BCUT2D eigenvalue weighted by atomic mass is 9.92. The monoisotopic (exact) mass is 263 g/mol. The molecule has 0 aromatic carbocycles. The number of nitrogens with zero attached hydrogens (tertiary/aromatic N) is 1. The first-order valence-electron chi connectivity index (χ1n) is 6.57. The molecular formula is C15H21NOS. The van der Waals surface area contributed by atoms with Crippen molar-refractivity contribution in [2.45, 2.75) is 39.7 Å². The standard InChI is InChI=1S/C15H21NOS/c1-10(2)6-11(3)7-14(17)12-8-15-13(16-9-12)4-5-18-15/h4-5,8-11,14,17H,6-7H2,1-3H3. The van der Waals surface area contributed by atoms with Gasteiger partial charge in [-0.3, -0.25) is 4.98 Å². The third-order valence-corrected chi connectivity index (χ3v) is 4.06. The molecule has 2 aromatic heterocycles. The average Bonchev–Trinajstić information content (AvgIpc) is 2.74. The smallest absolute Gasteiger partial charge is 0.0809 e. The number of aliphatic hydroxyl groups is 1. The molecule has 2 atom stereocenters. The first kappa shape index (κ1) is 13.5. The van der Waals surface area contributed by atoms with E-state index in [-0.39, 0.29) is 0 Å². The summed E-state index contributed by atoms with van der Waals surface area (Å²) in [6.45, 7) is 6.66. The molecule has 1 N–H and O–H groups in total. The van der Waals surface area contributed by atoms with Crippen molar-refractivity contribution in [3.05, 3.63) is 29.3 Å². The first-order chi connectivity index (χ1) is 8.56. The van der Waals surface area contributed by atoms with Crippen LogP contribution in [0.2, 0.25) is 0 Å². The molecule has 0 bridgehead atoms. The lowest BCUT2D eigenvalue weighted by Crippen LogP contribution is -2.07. The number of hydrogen-bond donors (Lipinski definition) is 1. The number of fused-ring (bicyclic) bond motifs is 1. The fourth-order valence-electron chi connectivity index (χ4n) is 2.46. The van der Waals surface area contributed by atoms with Gasteiger partial charge in [0, 0.05) is 11.8 Å². The van der Waals surface area contributed by atoms with E-state index in [1.165, 1.54) is 0 Å². The highest BCUT2D eigenvalue weighted by Gasteiger charge is 2.14. The minimum Gasteiger partial charge on any atom is -0.388 e. The molecule has 0 saturated heterocycles. The van der Waals surface area contributed by atoms with Gasteiger partial charge in [-0.15, -0.1) is 11.3 Å². The second kappa shape index (κ2) is 5.81. The number of rotatable bonds is 5. The molecular weight excluding hydrogens is 242 g/mol. The summed E-state index contributed by atoms with van der Waals surface area (Å²) in [6.07, 6.45) is 3.39. The van der Waals surface area contributed by atoms with Crippen molar-refractivity contribution >= 4 is 21.6 Å². The van der Waals surface area contributed by atoms with Gasteiger partial charge in [0.2, 0.25) is 0 Å². The highest BCUT2D eigenvalue weighted by molar-refractivity contribution is 7.17. The zero-order valence-corrected chi connectivity index (χ0v) is 12.1. The number of hydrogen-bond acceptors (Lipinski definition) is 3. The largest absolute Gasteiger partial charge is 0.388 e. The Bertz CT molecular complexity index is 506. The molecule has 0 spiro atoms.